The van der Waals surface area contributed by atoms with Gasteiger partial charge in [0.2, 0.25) is 5.91 Å². The second kappa shape index (κ2) is 7.08. The molecule has 4 amide bonds. The first-order valence-electron chi connectivity index (χ1n) is 7.77. The second-order valence-corrected chi connectivity index (χ2v) is 6.33. The smallest absolute Gasteiger partial charge is 0.334 e. The third-order valence-electron chi connectivity index (χ3n) is 3.95. The van der Waals surface area contributed by atoms with Crippen LogP contribution in [0.4, 0.5) is 10.5 Å². The Morgan fingerprint density at radius 1 is 1.31 bits per heavy atom. The molecule has 1 heterocycles. The van der Waals surface area contributed by atoms with Gasteiger partial charge in [0, 0.05) is 19.1 Å². The third kappa shape index (κ3) is 3.64. The Morgan fingerprint density at radius 3 is 2.35 bits per heavy atom. The van der Waals surface area contributed by atoms with Crippen LogP contribution in [-0.4, -0.2) is 62.5 Å². The molecule has 0 saturated carbocycles. The van der Waals surface area contributed by atoms with Crippen molar-refractivity contribution in [3.8, 4) is 5.75 Å². The van der Waals surface area contributed by atoms with Crippen LogP contribution in [-0.2, 0) is 9.59 Å². The highest BCUT2D eigenvalue weighted by molar-refractivity contribution is 6.13. The summed E-state index contributed by atoms with van der Waals surface area (Å²) in [6.07, 6.45) is -1.19. The Kier molecular flexibility index (Phi) is 5.26. The summed E-state index contributed by atoms with van der Waals surface area (Å²) in [5.41, 5.74) is -1.42. The molecule has 0 radical (unpaired) electrons. The molecule has 1 N–H and O–H groups in total. The normalized spacial score (nSPS) is 17.4. The molecule has 0 aromatic heterocycles. The van der Waals surface area contributed by atoms with E-state index in [1.165, 1.54) is 45.0 Å². The number of nitro benzene ring substituents is 1. The number of carbonyl (C=O) groups is 3. The summed E-state index contributed by atoms with van der Waals surface area (Å²) in [5.74, 6) is -0.862. The minimum Gasteiger partial charge on any atom is -0.491 e. The minimum atomic E-state index is -1.32. The predicted octanol–water partition coefficient (Wildman–Crippen LogP) is 0.924. The number of non-ortho nitro benzene ring substituents is 1. The van der Waals surface area contributed by atoms with Crippen LogP contribution in [0.2, 0.25) is 0 Å². The quantitative estimate of drug-likeness (QED) is 0.451. The summed E-state index contributed by atoms with van der Waals surface area (Å²) in [7, 11) is 0. The molecule has 140 valence electrons. The monoisotopic (exact) mass is 365 g/mol. The minimum absolute atomic E-state index is 0.0993. The lowest BCUT2D eigenvalue weighted by Gasteiger charge is -2.24. The number of carbonyl (C=O) groups excluding carboxylic acids is 3. The number of aliphatic hydroxyl groups is 1. The average Bonchev–Trinajstić information content (AvgIpc) is 2.72. The molecule has 10 heteroatoms. The van der Waals surface area contributed by atoms with E-state index >= 15 is 0 Å². The third-order valence-corrected chi connectivity index (χ3v) is 3.95. The molecule has 2 rings (SSSR count). The van der Waals surface area contributed by atoms with Gasteiger partial charge in [-0.2, -0.15) is 0 Å². The highest BCUT2D eigenvalue weighted by Gasteiger charge is 2.53. The second-order valence-electron chi connectivity index (χ2n) is 6.33. The molecule has 0 unspecified atom stereocenters. The number of nitro groups is 1. The van der Waals surface area contributed by atoms with E-state index in [2.05, 4.69) is 0 Å². The number of hydrogen-bond donors (Lipinski definition) is 1. The van der Waals surface area contributed by atoms with E-state index in [9.17, 15) is 29.6 Å². The fraction of sp³-hybridized carbons (Fsp3) is 0.438. The number of imide groups is 2. The molecular formula is C16H19N3O7. The molecule has 0 bridgehead atoms. The van der Waals surface area contributed by atoms with E-state index in [-0.39, 0.29) is 18.8 Å². The van der Waals surface area contributed by atoms with Crippen LogP contribution in [0.1, 0.15) is 20.8 Å². The number of nitrogens with zero attached hydrogens (tertiary/aromatic N) is 3. The average molecular weight is 365 g/mol. The Morgan fingerprint density at radius 2 is 1.88 bits per heavy atom. The summed E-state index contributed by atoms with van der Waals surface area (Å²) in [4.78, 5) is 48.0. The van der Waals surface area contributed by atoms with Crippen molar-refractivity contribution in [3.05, 3.63) is 34.4 Å². The van der Waals surface area contributed by atoms with Gasteiger partial charge in [0.1, 0.15) is 24.0 Å². The van der Waals surface area contributed by atoms with Gasteiger partial charge in [-0.15, -0.1) is 0 Å². The van der Waals surface area contributed by atoms with Gasteiger partial charge in [0.05, 0.1) is 11.5 Å². The zero-order valence-corrected chi connectivity index (χ0v) is 14.5. The number of rotatable bonds is 6. The summed E-state index contributed by atoms with van der Waals surface area (Å²) < 4.78 is 5.31. The largest absolute Gasteiger partial charge is 0.491 e. The molecule has 0 aliphatic carbocycles. The van der Waals surface area contributed by atoms with Gasteiger partial charge in [-0.1, -0.05) is 0 Å². The maximum absolute atomic E-state index is 12.4. The number of β-amino-alcohol motifs (C(OH)–C–C–N with tert-alkyl or cyclic N) is 1. The summed E-state index contributed by atoms with van der Waals surface area (Å²) in [6.45, 7) is 3.51. The Bertz CT molecular complexity index is 745. The van der Waals surface area contributed by atoms with Gasteiger partial charge in [-0.25, -0.2) is 9.69 Å². The van der Waals surface area contributed by atoms with Crippen molar-refractivity contribution in [2.24, 2.45) is 0 Å². The molecule has 0 spiro atoms. The first-order chi connectivity index (χ1) is 12.1. The number of hydrogen-bond acceptors (Lipinski definition) is 7. The van der Waals surface area contributed by atoms with Crippen molar-refractivity contribution in [2.75, 3.05) is 13.2 Å². The van der Waals surface area contributed by atoms with E-state index in [1.807, 2.05) is 0 Å². The zero-order valence-electron chi connectivity index (χ0n) is 14.5. The summed E-state index contributed by atoms with van der Waals surface area (Å²) >= 11 is 0. The van der Waals surface area contributed by atoms with Crippen LogP contribution >= 0.6 is 0 Å². The van der Waals surface area contributed by atoms with Gasteiger partial charge in [0.15, 0.2) is 0 Å². The van der Waals surface area contributed by atoms with Crippen molar-refractivity contribution >= 4 is 23.5 Å². The van der Waals surface area contributed by atoms with Gasteiger partial charge in [-0.05, 0) is 26.0 Å². The van der Waals surface area contributed by atoms with Crippen LogP contribution in [0.5, 0.6) is 5.75 Å². The van der Waals surface area contributed by atoms with Crippen LogP contribution in [0, 0.1) is 10.1 Å². The fourth-order valence-electron chi connectivity index (χ4n) is 2.68. The number of benzene rings is 1. The summed E-state index contributed by atoms with van der Waals surface area (Å²) in [6, 6.07) is 4.46. The molecule has 1 aromatic rings. The van der Waals surface area contributed by atoms with Crippen molar-refractivity contribution in [1.29, 1.82) is 0 Å². The first kappa shape index (κ1) is 19.3. The summed E-state index contributed by atoms with van der Waals surface area (Å²) in [5, 5.41) is 20.6. The number of aliphatic hydroxyl groups excluding tert-OH is 1. The SMILES string of the molecule is CC(=O)N1C(=O)N(C[C@@H](O)COc2ccc([N+](=O)[O-])cc2)C(=O)C1(C)C. The number of urea groups is 1. The Labute approximate surface area is 149 Å². The maximum atomic E-state index is 12.4. The lowest BCUT2D eigenvalue weighted by Crippen LogP contribution is -2.46. The van der Waals surface area contributed by atoms with Crippen molar-refractivity contribution in [1.82, 2.24) is 9.80 Å². The molecule has 1 saturated heterocycles. The van der Waals surface area contributed by atoms with E-state index in [4.69, 9.17) is 4.74 Å². The van der Waals surface area contributed by atoms with Gasteiger partial charge >= 0.3 is 6.03 Å². The molecule has 1 aliphatic rings. The van der Waals surface area contributed by atoms with Crippen molar-refractivity contribution in [3.63, 3.8) is 0 Å². The fourth-order valence-corrected chi connectivity index (χ4v) is 2.68. The molecule has 1 atom stereocenters. The van der Waals surface area contributed by atoms with E-state index in [0.29, 0.717) is 5.75 Å². The maximum Gasteiger partial charge on any atom is 0.334 e. The number of ether oxygens (including phenoxy) is 1. The standard InChI is InChI=1S/C16H19N3O7/c1-10(20)18-15(23)17(14(22)16(18,2)3)8-12(21)9-26-13-6-4-11(5-7-13)19(24)25/h4-7,12,21H,8-9H2,1-3H3/t12-/m1/s1. The molecule has 1 aliphatic heterocycles. The van der Waals surface area contributed by atoms with Crippen molar-refractivity contribution < 1.29 is 29.2 Å². The molecule has 1 fully saturated rings. The topological polar surface area (TPSA) is 130 Å². The number of amides is 4. The lowest BCUT2D eigenvalue weighted by molar-refractivity contribution is -0.384. The Balaban J connectivity index is 1.98. The van der Waals surface area contributed by atoms with E-state index in [0.717, 1.165) is 9.80 Å². The van der Waals surface area contributed by atoms with Crippen molar-refractivity contribution in [2.45, 2.75) is 32.4 Å². The van der Waals surface area contributed by atoms with Crippen LogP contribution in [0.3, 0.4) is 0 Å². The zero-order chi connectivity index (χ0) is 19.6. The molecule has 26 heavy (non-hydrogen) atoms. The van der Waals surface area contributed by atoms with E-state index < -0.39 is 34.4 Å². The molecule has 1 aromatic carbocycles. The van der Waals surface area contributed by atoms with E-state index in [1.54, 1.807) is 0 Å². The highest BCUT2D eigenvalue weighted by atomic mass is 16.6. The molecule has 10 nitrogen and oxygen atoms in total. The van der Waals surface area contributed by atoms with Gasteiger partial charge in [0.25, 0.3) is 11.6 Å². The van der Waals surface area contributed by atoms with Crippen LogP contribution < -0.4 is 4.74 Å². The molecular weight excluding hydrogens is 346 g/mol. The van der Waals surface area contributed by atoms with Crippen LogP contribution in [0.15, 0.2) is 24.3 Å². The lowest BCUT2D eigenvalue weighted by atomic mass is 10.0. The highest BCUT2D eigenvalue weighted by Crippen LogP contribution is 2.28. The van der Waals surface area contributed by atoms with Gasteiger partial charge < -0.3 is 9.84 Å². The van der Waals surface area contributed by atoms with Gasteiger partial charge in [-0.3, -0.25) is 24.6 Å². The van der Waals surface area contributed by atoms with Crippen LogP contribution in [0.25, 0.3) is 0 Å². The Hall–Kier alpha value is -3.01. The predicted molar refractivity (Wildman–Crippen MR) is 88.3 cm³/mol. The first-order valence-corrected chi connectivity index (χ1v) is 7.77.